The molecule has 0 saturated heterocycles. The first-order chi connectivity index (χ1) is 5.49. The lowest BCUT2D eigenvalue weighted by Crippen LogP contribution is -2.17. The predicted octanol–water partition coefficient (Wildman–Crippen LogP) is 2.22. The first kappa shape index (κ1) is 11.3. The number of Topliss-reactive ketones (excluding diaryl/α,β-unsaturated/α-hetero) is 2. The summed E-state index contributed by atoms with van der Waals surface area (Å²) >= 11 is 0. The van der Waals surface area contributed by atoms with Crippen molar-refractivity contribution in [1.29, 1.82) is 0 Å². The minimum absolute atomic E-state index is 0.0267. The van der Waals surface area contributed by atoms with Crippen LogP contribution in [0.4, 0.5) is 0 Å². The van der Waals surface area contributed by atoms with Crippen LogP contribution in [0.15, 0.2) is 0 Å². The Labute approximate surface area is 74.3 Å². The van der Waals surface area contributed by atoms with Crippen LogP contribution >= 0.6 is 0 Å². The van der Waals surface area contributed by atoms with E-state index in [1.54, 1.807) is 13.8 Å². The minimum atomic E-state index is 0.0267. The molecule has 0 aliphatic heterocycles. The van der Waals surface area contributed by atoms with Crippen molar-refractivity contribution in [2.24, 2.45) is 11.8 Å². The Balaban J connectivity index is 4.02. The Hall–Kier alpha value is -0.660. The van der Waals surface area contributed by atoms with Gasteiger partial charge in [-0.1, -0.05) is 13.8 Å². The molecule has 0 aromatic carbocycles. The highest BCUT2D eigenvalue weighted by Crippen LogP contribution is 2.16. The number of carbonyl (C=O) groups excluding carboxylic acids is 2. The Bertz CT molecular complexity index is 173. The molecule has 0 saturated carbocycles. The number of ketones is 2. The highest BCUT2D eigenvalue weighted by molar-refractivity contribution is 5.81. The monoisotopic (exact) mass is 170 g/mol. The van der Waals surface area contributed by atoms with Gasteiger partial charge < -0.3 is 0 Å². The highest BCUT2D eigenvalue weighted by atomic mass is 16.1. The number of hydrogen-bond acceptors (Lipinski definition) is 2. The molecule has 0 rings (SSSR count). The quantitative estimate of drug-likeness (QED) is 0.634. The molecule has 0 aliphatic carbocycles. The molecule has 0 fully saturated rings. The van der Waals surface area contributed by atoms with E-state index in [1.807, 2.05) is 13.8 Å². The zero-order chi connectivity index (χ0) is 9.72. The fraction of sp³-hybridized carbons (Fsp3) is 0.800. The average Bonchev–Trinajstić information content (AvgIpc) is 1.98. The first-order valence-electron chi connectivity index (χ1n) is 4.49. The zero-order valence-electron chi connectivity index (χ0n) is 8.39. The van der Waals surface area contributed by atoms with Gasteiger partial charge in [-0.2, -0.15) is 0 Å². The molecule has 2 nitrogen and oxygen atoms in total. The van der Waals surface area contributed by atoms with Gasteiger partial charge in [-0.15, -0.1) is 0 Å². The Morgan fingerprint density at radius 2 is 1.67 bits per heavy atom. The molecular weight excluding hydrogens is 152 g/mol. The lowest BCUT2D eigenvalue weighted by atomic mass is 9.89. The first-order valence-corrected chi connectivity index (χ1v) is 4.49. The average molecular weight is 170 g/mol. The van der Waals surface area contributed by atoms with E-state index in [0.29, 0.717) is 6.42 Å². The van der Waals surface area contributed by atoms with Crippen molar-refractivity contribution >= 4 is 11.6 Å². The summed E-state index contributed by atoms with van der Waals surface area (Å²) in [5, 5.41) is 0. The van der Waals surface area contributed by atoms with Crippen molar-refractivity contribution in [3.8, 4) is 0 Å². The molecule has 0 heterocycles. The van der Waals surface area contributed by atoms with Crippen molar-refractivity contribution in [1.82, 2.24) is 0 Å². The molecule has 0 aromatic rings. The minimum Gasteiger partial charge on any atom is -0.300 e. The van der Waals surface area contributed by atoms with Gasteiger partial charge >= 0.3 is 0 Å². The highest BCUT2D eigenvalue weighted by Gasteiger charge is 2.17. The molecular formula is C10H18O2. The second-order valence-electron chi connectivity index (χ2n) is 3.46. The van der Waals surface area contributed by atoms with E-state index in [9.17, 15) is 9.59 Å². The van der Waals surface area contributed by atoms with Crippen molar-refractivity contribution in [2.45, 2.75) is 40.5 Å². The summed E-state index contributed by atoms with van der Waals surface area (Å²) in [4.78, 5) is 21.9. The van der Waals surface area contributed by atoms with E-state index in [0.717, 1.165) is 6.42 Å². The third-order valence-electron chi connectivity index (χ3n) is 2.40. The second kappa shape index (κ2) is 5.07. The molecule has 0 spiro atoms. The van der Waals surface area contributed by atoms with Crippen LogP contribution in [0.1, 0.15) is 40.5 Å². The summed E-state index contributed by atoms with van der Waals surface area (Å²) in [6.07, 6.45) is 1.55. The fourth-order valence-corrected chi connectivity index (χ4v) is 1.21. The maximum Gasteiger partial charge on any atom is 0.132 e. The molecule has 0 amide bonds. The summed E-state index contributed by atoms with van der Waals surface area (Å²) in [7, 11) is 0. The van der Waals surface area contributed by atoms with Crippen molar-refractivity contribution in [2.75, 3.05) is 0 Å². The van der Waals surface area contributed by atoms with Crippen LogP contribution in [0.5, 0.6) is 0 Å². The van der Waals surface area contributed by atoms with E-state index >= 15 is 0 Å². The number of rotatable bonds is 5. The van der Waals surface area contributed by atoms with Gasteiger partial charge in [0.1, 0.15) is 11.6 Å². The molecule has 0 aromatic heterocycles. The SMILES string of the molecule is CCC(CC(C)C(C)=O)C(C)=O. The van der Waals surface area contributed by atoms with Gasteiger partial charge in [0.25, 0.3) is 0 Å². The molecule has 70 valence electrons. The Kier molecular flexibility index (Phi) is 4.79. The summed E-state index contributed by atoms with van der Waals surface area (Å²) in [5.74, 6) is 0.475. The van der Waals surface area contributed by atoms with Gasteiger partial charge in [-0.05, 0) is 26.7 Å². The van der Waals surface area contributed by atoms with Crippen molar-refractivity contribution in [3.63, 3.8) is 0 Å². The number of hydrogen-bond donors (Lipinski definition) is 0. The van der Waals surface area contributed by atoms with Crippen molar-refractivity contribution in [3.05, 3.63) is 0 Å². The van der Waals surface area contributed by atoms with Crippen LogP contribution in [0, 0.1) is 11.8 Å². The lowest BCUT2D eigenvalue weighted by molar-refractivity contribution is -0.123. The predicted molar refractivity (Wildman–Crippen MR) is 48.9 cm³/mol. The van der Waals surface area contributed by atoms with E-state index in [-0.39, 0.29) is 23.4 Å². The maximum absolute atomic E-state index is 11.0. The Morgan fingerprint density at radius 3 is 1.92 bits per heavy atom. The summed E-state index contributed by atoms with van der Waals surface area (Å²) < 4.78 is 0. The summed E-state index contributed by atoms with van der Waals surface area (Å²) in [6.45, 7) is 7.05. The maximum atomic E-state index is 11.0. The molecule has 2 heteroatoms. The number of carbonyl (C=O) groups is 2. The largest absolute Gasteiger partial charge is 0.300 e. The van der Waals surface area contributed by atoms with Crippen LogP contribution in [0.2, 0.25) is 0 Å². The third kappa shape index (κ3) is 3.65. The Morgan fingerprint density at radius 1 is 1.17 bits per heavy atom. The molecule has 12 heavy (non-hydrogen) atoms. The summed E-state index contributed by atoms with van der Waals surface area (Å²) in [6, 6.07) is 0. The summed E-state index contributed by atoms with van der Waals surface area (Å²) in [5.41, 5.74) is 0. The van der Waals surface area contributed by atoms with Crippen molar-refractivity contribution < 1.29 is 9.59 Å². The molecule has 0 aliphatic rings. The fourth-order valence-electron chi connectivity index (χ4n) is 1.21. The van der Waals surface area contributed by atoms with E-state index in [1.165, 1.54) is 0 Å². The smallest absolute Gasteiger partial charge is 0.132 e. The van der Waals surface area contributed by atoms with Crippen LogP contribution in [-0.4, -0.2) is 11.6 Å². The zero-order valence-corrected chi connectivity index (χ0v) is 8.39. The van der Waals surface area contributed by atoms with Gasteiger partial charge in [-0.3, -0.25) is 9.59 Å². The van der Waals surface area contributed by atoms with E-state index in [2.05, 4.69) is 0 Å². The van der Waals surface area contributed by atoms with Gasteiger partial charge in [0.2, 0.25) is 0 Å². The standard InChI is InChI=1S/C10H18O2/c1-5-10(9(4)12)6-7(2)8(3)11/h7,10H,5-6H2,1-4H3. The second-order valence-corrected chi connectivity index (χ2v) is 3.46. The van der Waals surface area contributed by atoms with E-state index in [4.69, 9.17) is 0 Å². The molecule has 2 unspecified atom stereocenters. The van der Waals surface area contributed by atoms with Gasteiger partial charge in [0, 0.05) is 11.8 Å². The molecule has 0 radical (unpaired) electrons. The molecule has 2 atom stereocenters. The topological polar surface area (TPSA) is 34.1 Å². The van der Waals surface area contributed by atoms with Crippen LogP contribution < -0.4 is 0 Å². The van der Waals surface area contributed by atoms with E-state index < -0.39 is 0 Å². The normalized spacial score (nSPS) is 15.3. The molecule has 0 bridgehead atoms. The molecule has 0 N–H and O–H groups in total. The van der Waals surface area contributed by atoms with Crippen LogP contribution in [0.25, 0.3) is 0 Å². The van der Waals surface area contributed by atoms with Gasteiger partial charge in [0.15, 0.2) is 0 Å². The van der Waals surface area contributed by atoms with Crippen LogP contribution in [0.3, 0.4) is 0 Å². The van der Waals surface area contributed by atoms with Gasteiger partial charge in [0.05, 0.1) is 0 Å². The van der Waals surface area contributed by atoms with Gasteiger partial charge in [-0.25, -0.2) is 0 Å². The third-order valence-corrected chi connectivity index (χ3v) is 2.40. The van der Waals surface area contributed by atoms with Crippen LogP contribution in [-0.2, 0) is 9.59 Å². The lowest BCUT2D eigenvalue weighted by Gasteiger charge is -2.14.